The van der Waals surface area contributed by atoms with Gasteiger partial charge < -0.3 is 15.0 Å². The van der Waals surface area contributed by atoms with Crippen LogP contribution in [0, 0.1) is 11.6 Å². The first-order chi connectivity index (χ1) is 9.15. The van der Waals surface area contributed by atoms with E-state index in [1.807, 2.05) is 11.8 Å². The Morgan fingerprint density at radius 2 is 2.26 bits per heavy atom. The minimum Gasteiger partial charge on any atom is -0.380 e. The van der Waals surface area contributed by atoms with Crippen LogP contribution in [0.25, 0.3) is 0 Å². The molecule has 1 N–H and O–H groups in total. The molecule has 19 heavy (non-hydrogen) atoms. The molecule has 2 heterocycles. The third kappa shape index (κ3) is 3.12. The molecule has 6 heteroatoms. The maximum absolute atomic E-state index is 13.9. The van der Waals surface area contributed by atoms with Crippen molar-refractivity contribution in [1.82, 2.24) is 4.98 Å². The van der Waals surface area contributed by atoms with Gasteiger partial charge in [0.1, 0.15) is 0 Å². The Kier molecular flexibility index (Phi) is 4.52. The van der Waals surface area contributed by atoms with E-state index in [4.69, 9.17) is 4.74 Å². The Balaban J connectivity index is 2.25. The van der Waals surface area contributed by atoms with Crippen LogP contribution >= 0.6 is 0 Å². The van der Waals surface area contributed by atoms with E-state index in [1.165, 1.54) is 0 Å². The SMILES string of the molecule is CCNc1nc(N2CCCC(OC)C2)c(F)cc1F. The third-order valence-corrected chi connectivity index (χ3v) is 3.27. The van der Waals surface area contributed by atoms with Gasteiger partial charge in [-0.15, -0.1) is 0 Å². The number of pyridine rings is 1. The molecule has 1 aromatic rings. The van der Waals surface area contributed by atoms with Crippen LogP contribution in [0.15, 0.2) is 6.07 Å². The number of anilines is 2. The summed E-state index contributed by atoms with van der Waals surface area (Å²) in [6.45, 7) is 3.67. The highest BCUT2D eigenvalue weighted by atomic mass is 19.1. The Morgan fingerprint density at radius 3 is 2.95 bits per heavy atom. The third-order valence-electron chi connectivity index (χ3n) is 3.27. The molecule has 2 rings (SSSR count). The van der Waals surface area contributed by atoms with E-state index < -0.39 is 11.6 Å². The monoisotopic (exact) mass is 271 g/mol. The van der Waals surface area contributed by atoms with Crippen molar-refractivity contribution in [2.75, 3.05) is 37.0 Å². The normalized spacial score (nSPS) is 19.6. The highest BCUT2D eigenvalue weighted by molar-refractivity contribution is 5.49. The van der Waals surface area contributed by atoms with Crippen molar-refractivity contribution in [3.8, 4) is 0 Å². The molecule has 106 valence electrons. The van der Waals surface area contributed by atoms with Crippen LogP contribution in [0.3, 0.4) is 0 Å². The van der Waals surface area contributed by atoms with Crippen molar-refractivity contribution >= 4 is 11.6 Å². The van der Waals surface area contributed by atoms with E-state index >= 15 is 0 Å². The van der Waals surface area contributed by atoms with Gasteiger partial charge in [-0.05, 0) is 19.8 Å². The van der Waals surface area contributed by atoms with Crippen molar-refractivity contribution in [1.29, 1.82) is 0 Å². The first-order valence-corrected chi connectivity index (χ1v) is 6.53. The molecule has 1 fully saturated rings. The number of ether oxygens (including phenoxy) is 1. The summed E-state index contributed by atoms with van der Waals surface area (Å²) in [4.78, 5) is 5.88. The smallest absolute Gasteiger partial charge is 0.168 e. The quantitative estimate of drug-likeness (QED) is 0.912. The predicted molar refractivity (Wildman–Crippen MR) is 70.6 cm³/mol. The Morgan fingerprint density at radius 1 is 1.47 bits per heavy atom. The molecule has 1 saturated heterocycles. The highest BCUT2D eigenvalue weighted by Gasteiger charge is 2.24. The number of rotatable bonds is 4. The van der Waals surface area contributed by atoms with Crippen LogP contribution in [-0.4, -0.2) is 37.8 Å². The Labute approximate surface area is 111 Å². The minimum absolute atomic E-state index is 0.0718. The highest BCUT2D eigenvalue weighted by Crippen LogP contribution is 2.25. The van der Waals surface area contributed by atoms with Crippen LogP contribution in [0.5, 0.6) is 0 Å². The largest absolute Gasteiger partial charge is 0.380 e. The number of hydrogen-bond donors (Lipinski definition) is 1. The van der Waals surface area contributed by atoms with Crippen molar-refractivity contribution < 1.29 is 13.5 Å². The van der Waals surface area contributed by atoms with Crippen LogP contribution in [0.1, 0.15) is 19.8 Å². The lowest BCUT2D eigenvalue weighted by atomic mass is 10.1. The molecule has 0 radical (unpaired) electrons. The number of aromatic nitrogens is 1. The van der Waals surface area contributed by atoms with Gasteiger partial charge in [0.05, 0.1) is 6.10 Å². The second kappa shape index (κ2) is 6.14. The number of nitrogens with zero attached hydrogens (tertiary/aromatic N) is 2. The number of nitrogens with one attached hydrogen (secondary N) is 1. The molecule has 1 aliphatic heterocycles. The van der Waals surface area contributed by atoms with E-state index in [0.29, 0.717) is 19.6 Å². The summed E-state index contributed by atoms with van der Waals surface area (Å²) in [7, 11) is 1.65. The lowest BCUT2D eigenvalue weighted by molar-refractivity contribution is 0.0889. The predicted octanol–water partition coefficient (Wildman–Crippen LogP) is 2.41. The average molecular weight is 271 g/mol. The maximum atomic E-state index is 13.9. The number of halogens is 2. The van der Waals surface area contributed by atoms with Gasteiger partial charge in [0.25, 0.3) is 0 Å². The van der Waals surface area contributed by atoms with Gasteiger partial charge in [0, 0.05) is 32.8 Å². The van der Waals surface area contributed by atoms with Gasteiger partial charge >= 0.3 is 0 Å². The molecule has 1 atom stereocenters. The lowest BCUT2D eigenvalue weighted by Crippen LogP contribution is -2.40. The molecule has 0 amide bonds. The first-order valence-electron chi connectivity index (χ1n) is 6.53. The zero-order chi connectivity index (χ0) is 13.8. The summed E-state index contributed by atoms with van der Waals surface area (Å²) in [5, 5.41) is 2.80. The summed E-state index contributed by atoms with van der Waals surface area (Å²) >= 11 is 0. The van der Waals surface area contributed by atoms with Crippen molar-refractivity contribution in [3.05, 3.63) is 17.7 Å². The summed E-state index contributed by atoms with van der Waals surface area (Å²) in [6.07, 6.45) is 1.94. The van der Waals surface area contributed by atoms with Crippen molar-refractivity contribution in [2.45, 2.75) is 25.9 Å². The topological polar surface area (TPSA) is 37.4 Å². The Hall–Kier alpha value is -1.43. The second-order valence-corrected chi connectivity index (χ2v) is 4.60. The zero-order valence-corrected chi connectivity index (χ0v) is 11.2. The number of piperidine rings is 1. The van der Waals surface area contributed by atoms with Gasteiger partial charge in [0.2, 0.25) is 0 Å². The fourth-order valence-corrected chi connectivity index (χ4v) is 2.29. The number of hydrogen-bond acceptors (Lipinski definition) is 4. The van der Waals surface area contributed by atoms with Crippen LogP contribution in [0.2, 0.25) is 0 Å². The zero-order valence-electron chi connectivity index (χ0n) is 11.2. The molecular weight excluding hydrogens is 252 g/mol. The standard InChI is InChI=1S/C13H19F2N3O/c1-3-16-12-10(14)7-11(15)13(17-12)18-6-4-5-9(8-18)19-2/h7,9H,3-6,8H2,1-2H3,(H,16,17). The van der Waals surface area contributed by atoms with Crippen LogP contribution in [0.4, 0.5) is 20.4 Å². The lowest BCUT2D eigenvalue weighted by Gasteiger charge is -2.33. The van der Waals surface area contributed by atoms with E-state index in [9.17, 15) is 8.78 Å². The van der Waals surface area contributed by atoms with Gasteiger partial charge in [0.15, 0.2) is 23.3 Å². The molecule has 1 aromatic heterocycles. The second-order valence-electron chi connectivity index (χ2n) is 4.60. The van der Waals surface area contributed by atoms with E-state index in [0.717, 1.165) is 18.9 Å². The molecule has 0 aliphatic carbocycles. The molecule has 4 nitrogen and oxygen atoms in total. The van der Waals surface area contributed by atoms with Gasteiger partial charge in [-0.3, -0.25) is 0 Å². The summed E-state index contributed by atoms with van der Waals surface area (Å²) < 4.78 is 32.7. The first kappa shape index (κ1) is 14.0. The molecule has 0 aromatic carbocycles. The number of methoxy groups -OCH3 is 1. The summed E-state index contributed by atoms with van der Waals surface area (Å²) in [6, 6.07) is 0.886. The molecular formula is C13H19F2N3O. The molecule has 1 unspecified atom stereocenters. The summed E-state index contributed by atoms with van der Waals surface area (Å²) in [5.41, 5.74) is 0. The molecule has 1 aliphatic rings. The molecule has 0 saturated carbocycles. The Bertz CT molecular complexity index is 442. The van der Waals surface area contributed by atoms with Crippen molar-refractivity contribution in [2.24, 2.45) is 0 Å². The van der Waals surface area contributed by atoms with Gasteiger partial charge in [-0.25, -0.2) is 13.8 Å². The van der Waals surface area contributed by atoms with E-state index in [-0.39, 0.29) is 17.7 Å². The average Bonchev–Trinajstić information content (AvgIpc) is 2.42. The van der Waals surface area contributed by atoms with E-state index in [2.05, 4.69) is 10.3 Å². The fraction of sp³-hybridized carbons (Fsp3) is 0.615. The van der Waals surface area contributed by atoms with Crippen molar-refractivity contribution in [3.63, 3.8) is 0 Å². The maximum Gasteiger partial charge on any atom is 0.168 e. The van der Waals surface area contributed by atoms with Crippen LogP contribution in [-0.2, 0) is 4.74 Å². The minimum atomic E-state index is -0.664. The van der Waals surface area contributed by atoms with Gasteiger partial charge in [-0.1, -0.05) is 0 Å². The molecule has 0 spiro atoms. The fourth-order valence-electron chi connectivity index (χ4n) is 2.29. The molecule has 0 bridgehead atoms. The van der Waals surface area contributed by atoms with E-state index in [1.54, 1.807) is 7.11 Å². The van der Waals surface area contributed by atoms with Gasteiger partial charge in [-0.2, -0.15) is 0 Å². The summed E-state index contributed by atoms with van der Waals surface area (Å²) in [5.74, 6) is -1.00. The van der Waals surface area contributed by atoms with Crippen LogP contribution < -0.4 is 10.2 Å².